The fourth-order valence-electron chi connectivity index (χ4n) is 7.31. The zero-order valence-corrected chi connectivity index (χ0v) is 39.8. The Morgan fingerprint density at radius 3 is 2.06 bits per heavy atom. The summed E-state index contributed by atoms with van der Waals surface area (Å²) in [6.07, 6.45) is -4.02. The highest BCUT2D eigenvalue weighted by Gasteiger charge is 2.51. The number of carbonyl (C=O) groups is 2. The number of aromatic nitrogens is 2. The molecule has 0 spiro atoms. The Morgan fingerprint density at radius 2 is 1.52 bits per heavy atom. The first-order chi connectivity index (χ1) is 31.1. The number of nitrogens with zero attached hydrogens (tertiary/aromatic N) is 2. The van der Waals surface area contributed by atoms with Crippen LogP contribution >= 0.6 is 20.3 Å². The number of methoxy groups -OCH3 is 2. The molecule has 1 aliphatic heterocycles. The Morgan fingerprint density at radius 1 is 0.938 bits per heavy atom. The molecular formula is C47H60FN4O11PS. The van der Waals surface area contributed by atoms with E-state index in [1.54, 1.807) is 28.1 Å². The molecule has 5 atom stereocenters. The molecular weight excluding hydrogens is 879 g/mol. The molecule has 5 rings (SSSR count). The van der Waals surface area contributed by atoms with Crippen molar-refractivity contribution in [2.24, 2.45) is 5.41 Å². The molecule has 2 heterocycles. The van der Waals surface area contributed by atoms with Crippen LogP contribution in [-0.2, 0) is 33.7 Å². The van der Waals surface area contributed by atoms with Gasteiger partial charge in [-0.3, -0.25) is 19.1 Å². The lowest BCUT2D eigenvalue weighted by Crippen LogP contribution is -2.41. The molecule has 352 valence electrons. The number of ether oxygens (including phenoxy) is 5. The highest BCUT2D eigenvalue weighted by atomic mass is 32.2. The fraction of sp³-hybridized carbons (Fsp3) is 0.447. The molecule has 15 nitrogen and oxygen atoms in total. The highest BCUT2D eigenvalue weighted by Crippen LogP contribution is 2.51. The van der Waals surface area contributed by atoms with E-state index in [4.69, 9.17) is 32.7 Å². The molecule has 0 aliphatic carbocycles. The van der Waals surface area contributed by atoms with Gasteiger partial charge in [0, 0.05) is 36.6 Å². The van der Waals surface area contributed by atoms with Gasteiger partial charge in [-0.15, -0.1) is 0 Å². The number of amides is 1. The Labute approximate surface area is 384 Å². The highest BCUT2D eigenvalue weighted by molar-refractivity contribution is 8.13. The molecule has 1 amide bonds. The number of benzene rings is 3. The van der Waals surface area contributed by atoms with Gasteiger partial charge in [-0.1, -0.05) is 92.9 Å². The lowest BCUT2D eigenvalue weighted by atomic mass is 9.80. The molecule has 65 heavy (non-hydrogen) atoms. The second-order valence-corrected chi connectivity index (χ2v) is 18.8. The Bertz CT molecular complexity index is 2220. The van der Waals surface area contributed by atoms with E-state index in [1.165, 1.54) is 12.3 Å². The maximum absolute atomic E-state index is 17.3. The van der Waals surface area contributed by atoms with Crippen LogP contribution in [0.2, 0.25) is 0 Å². The van der Waals surface area contributed by atoms with Gasteiger partial charge >= 0.3 is 11.8 Å². The van der Waals surface area contributed by atoms with Gasteiger partial charge in [0.05, 0.1) is 32.8 Å². The molecule has 4 aromatic rings. The topological polar surface area (TPSA) is 169 Å². The van der Waals surface area contributed by atoms with Gasteiger partial charge in [0.25, 0.3) is 14.1 Å². The smallest absolute Gasteiger partial charge is 0.407 e. The summed E-state index contributed by atoms with van der Waals surface area (Å²) in [5, 5.41) is 2.42. The van der Waals surface area contributed by atoms with Crippen LogP contribution in [0.1, 0.15) is 64.5 Å². The Kier molecular flexibility index (Phi) is 18.5. The third-order valence-electron chi connectivity index (χ3n) is 10.6. The second kappa shape index (κ2) is 23.5. The van der Waals surface area contributed by atoms with Crippen molar-refractivity contribution in [2.75, 3.05) is 46.3 Å². The summed E-state index contributed by atoms with van der Waals surface area (Å²) in [7, 11) is 1.11. The van der Waals surface area contributed by atoms with Crippen molar-refractivity contribution in [3.05, 3.63) is 141 Å². The number of halogens is 1. The first-order valence-corrected chi connectivity index (χ1v) is 23.3. The van der Waals surface area contributed by atoms with Gasteiger partial charge in [0.1, 0.15) is 35.9 Å². The maximum Gasteiger partial charge on any atom is 0.407 e. The van der Waals surface area contributed by atoms with Gasteiger partial charge in [-0.2, -0.15) is 0 Å². The van der Waals surface area contributed by atoms with Gasteiger partial charge < -0.3 is 38.0 Å². The van der Waals surface area contributed by atoms with Crippen LogP contribution in [0.4, 0.5) is 9.18 Å². The maximum atomic E-state index is 17.3. The fourth-order valence-corrected chi connectivity index (χ4v) is 10.0. The van der Waals surface area contributed by atoms with Crippen LogP contribution in [0.5, 0.6) is 11.5 Å². The van der Waals surface area contributed by atoms with Crippen LogP contribution in [-0.4, -0.2) is 102 Å². The van der Waals surface area contributed by atoms with Crippen LogP contribution in [0.15, 0.2) is 113 Å². The van der Waals surface area contributed by atoms with E-state index in [0.29, 0.717) is 11.5 Å². The Hall–Kier alpha value is -4.87. The first kappa shape index (κ1) is 51.1. The molecule has 1 aromatic heterocycles. The number of alkyl halides is 1. The minimum absolute atomic E-state index is 0.0409. The predicted molar refractivity (Wildman–Crippen MR) is 249 cm³/mol. The lowest BCUT2D eigenvalue weighted by Gasteiger charge is -2.39. The minimum Gasteiger partial charge on any atom is -0.497 e. The van der Waals surface area contributed by atoms with Crippen LogP contribution in [0, 0.1) is 5.41 Å². The van der Waals surface area contributed by atoms with E-state index in [0.717, 1.165) is 39.1 Å². The molecule has 0 bridgehead atoms. The van der Waals surface area contributed by atoms with E-state index >= 15 is 4.39 Å². The zero-order chi connectivity index (χ0) is 47.3. The molecule has 18 heteroatoms. The van der Waals surface area contributed by atoms with E-state index in [1.807, 2.05) is 111 Å². The van der Waals surface area contributed by atoms with Crippen molar-refractivity contribution in [1.82, 2.24) is 19.5 Å². The molecule has 0 saturated carbocycles. The molecule has 3 aromatic carbocycles. The van der Waals surface area contributed by atoms with Crippen LogP contribution in [0.25, 0.3) is 0 Å². The summed E-state index contributed by atoms with van der Waals surface area (Å²) in [5.41, 5.74) is -1.55. The van der Waals surface area contributed by atoms with Crippen molar-refractivity contribution < 1.29 is 46.7 Å². The number of carbonyl (C=O) groups excluding carboxylic acids is 2. The SMILES string of the molecule is C=CCOC(=O)NCC(C)(C)C(=O)SCCOP(OC1C(COC(c2ccccc2)(c2ccc(OC)cc2)c2ccc(OC)cc2)OC(n2ccc(=O)[nH]c2=O)C1F)N(C(C)C)C(C)C. The zero-order valence-electron chi connectivity index (χ0n) is 38.1. The molecule has 1 fully saturated rings. The van der Waals surface area contributed by atoms with Crippen molar-refractivity contribution >= 4 is 31.5 Å². The van der Waals surface area contributed by atoms with Gasteiger partial charge in [0.15, 0.2) is 17.5 Å². The number of alkyl carbamates (subject to hydrolysis) is 1. The van der Waals surface area contributed by atoms with E-state index in [9.17, 15) is 19.2 Å². The predicted octanol–water partition coefficient (Wildman–Crippen LogP) is 7.74. The number of hydrogen-bond acceptors (Lipinski definition) is 13. The van der Waals surface area contributed by atoms with Crippen molar-refractivity contribution in [2.45, 2.75) is 83.8 Å². The minimum atomic E-state index is -2.05. The summed E-state index contributed by atoms with van der Waals surface area (Å²) in [6.45, 7) is 14.7. The number of H-pyrrole nitrogens is 1. The lowest BCUT2D eigenvalue weighted by molar-refractivity contribution is -0.117. The van der Waals surface area contributed by atoms with E-state index in [2.05, 4.69) is 16.9 Å². The normalized spacial score (nSPS) is 18.2. The van der Waals surface area contributed by atoms with Gasteiger partial charge in [-0.05, 0) is 68.7 Å². The standard InChI is InChI=1S/C47H60FN4O11PS/c1-10-26-59-45(56)49-30-46(6,7)43(54)65-28-27-61-64(52(31(2)3)32(4)5)63-41-38(62-42(40(41)48)51-25-24-39(53)50-44(51)55)29-60-47(33-14-12-11-13-15-33,34-16-20-36(57-8)21-17-34)35-18-22-37(58-9)23-19-35/h10-25,31-32,38,40-42H,1,26-30H2,2-9H3,(H,49,56)(H,50,53,55). The summed E-state index contributed by atoms with van der Waals surface area (Å²) in [4.78, 5) is 52.8. The molecule has 2 N–H and O–H groups in total. The molecule has 1 saturated heterocycles. The van der Waals surface area contributed by atoms with Crippen molar-refractivity contribution in [1.29, 1.82) is 0 Å². The summed E-state index contributed by atoms with van der Waals surface area (Å²) in [5.74, 6) is 1.48. The first-order valence-electron chi connectivity index (χ1n) is 21.2. The van der Waals surface area contributed by atoms with Crippen LogP contribution in [0.3, 0.4) is 0 Å². The average molecular weight is 939 g/mol. The van der Waals surface area contributed by atoms with Crippen LogP contribution < -0.4 is 26.0 Å². The third-order valence-corrected chi connectivity index (χ3v) is 13.9. The van der Waals surface area contributed by atoms with Crippen molar-refractivity contribution in [3.63, 3.8) is 0 Å². The number of rotatable bonds is 23. The van der Waals surface area contributed by atoms with Gasteiger partial charge in [0.2, 0.25) is 0 Å². The van der Waals surface area contributed by atoms with Crippen molar-refractivity contribution in [3.8, 4) is 11.5 Å². The number of thioether (sulfide) groups is 1. The summed E-state index contributed by atoms with van der Waals surface area (Å²) >= 11 is 1.04. The number of nitrogens with one attached hydrogen (secondary N) is 2. The van der Waals surface area contributed by atoms with Gasteiger partial charge in [-0.25, -0.2) is 18.6 Å². The molecule has 0 radical (unpaired) electrons. The number of hydrogen-bond donors (Lipinski definition) is 2. The largest absolute Gasteiger partial charge is 0.497 e. The molecule has 5 unspecified atom stereocenters. The molecule has 1 aliphatic rings. The number of aromatic amines is 1. The second-order valence-electron chi connectivity index (χ2n) is 16.3. The summed E-state index contributed by atoms with van der Waals surface area (Å²) in [6, 6.07) is 25.3. The van der Waals surface area contributed by atoms with E-state index in [-0.39, 0.29) is 49.3 Å². The monoisotopic (exact) mass is 938 g/mol. The average Bonchev–Trinajstić information content (AvgIpc) is 3.60. The Balaban J connectivity index is 1.50. The van der Waals surface area contributed by atoms with E-state index < -0.39 is 61.5 Å². The summed E-state index contributed by atoms with van der Waals surface area (Å²) < 4.78 is 63.1. The quantitative estimate of drug-likeness (QED) is 0.0321. The third kappa shape index (κ3) is 12.7.